The second-order valence-electron chi connectivity index (χ2n) is 0.645. The first-order valence-electron chi connectivity index (χ1n) is 1.05. The lowest BCUT2D eigenvalue weighted by molar-refractivity contribution is 2.16. The molecule has 0 amide bonds. The lowest BCUT2D eigenvalue weighted by atomic mass is 11.9. The molecule has 0 bridgehead atoms. The summed E-state index contributed by atoms with van der Waals surface area (Å²) in [6, 6.07) is 0. The molecule has 22 valence electrons. The van der Waals surface area contributed by atoms with E-state index in [1.165, 1.54) is 0 Å². The van der Waals surface area contributed by atoms with Crippen molar-refractivity contribution >= 4 is 25.0 Å². The van der Waals surface area contributed by atoms with E-state index in [1.54, 1.807) is 15.7 Å². The highest BCUT2D eigenvalue weighted by Gasteiger charge is 2.01. The van der Waals surface area contributed by atoms with Gasteiger partial charge in [-0.1, -0.05) is 15.7 Å². The Morgan fingerprint density at radius 2 is 1.75 bits per heavy atom. The van der Waals surface area contributed by atoms with E-state index in [9.17, 15) is 0 Å². The molecule has 0 aromatic heterocycles. The summed E-state index contributed by atoms with van der Waals surface area (Å²) in [5.74, 6) is 0. The van der Waals surface area contributed by atoms with Crippen LogP contribution >= 0.6 is 25.0 Å². The van der Waals surface area contributed by atoms with Crippen LogP contribution in [0.3, 0.4) is 0 Å². The van der Waals surface area contributed by atoms with E-state index >= 15 is 0 Å². The molecule has 1 atom stereocenters. The molecule has 1 rings (SSSR count). The Morgan fingerprint density at radius 1 is 1.50 bits per heavy atom. The minimum atomic E-state index is 0.944. The van der Waals surface area contributed by atoms with E-state index in [1.807, 2.05) is 0 Å². The van der Waals surface area contributed by atoms with Crippen molar-refractivity contribution in [2.75, 3.05) is 0 Å². The van der Waals surface area contributed by atoms with Gasteiger partial charge in [-0.15, -0.1) is 9.24 Å². The molecular formula is CH3P3. The first-order valence-corrected chi connectivity index (χ1v) is 4.35. The van der Waals surface area contributed by atoms with Crippen LogP contribution in [0.15, 0.2) is 0 Å². The van der Waals surface area contributed by atoms with E-state index in [0.29, 0.717) is 0 Å². The predicted octanol–water partition coefficient (Wildman–Crippen LogP) is 1.97. The largest absolute Gasteiger partial charge is 0.116 e. The normalized spacial score (nSPS) is 43.8. The van der Waals surface area contributed by atoms with E-state index in [-0.39, 0.29) is 0 Å². The fourth-order valence-corrected chi connectivity index (χ4v) is 1.04. The maximum Gasteiger partial charge on any atom is 0.0646 e. The summed E-state index contributed by atoms with van der Waals surface area (Å²) in [7, 11) is 5.94. The molecule has 0 spiro atoms. The standard InChI is InChI=1S/CH3P3/c2-1-3-4-1/h1H,2H2. The first-order chi connectivity index (χ1) is 1.89. The van der Waals surface area contributed by atoms with E-state index in [4.69, 9.17) is 0 Å². The fraction of sp³-hybridized carbons (Fsp3) is 1.00. The minimum Gasteiger partial charge on any atom is -0.116 e. The molecule has 0 saturated heterocycles. The molecule has 0 N–H and O–H groups in total. The third-order valence-electron chi connectivity index (χ3n) is 0.249. The van der Waals surface area contributed by atoms with Crippen LogP contribution in [-0.4, -0.2) is 5.14 Å². The molecule has 0 aromatic carbocycles. The zero-order valence-corrected chi connectivity index (χ0v) is 4.99. The second kappa shape index (κ2) is 1.02. The predicted molar refractivity (Wildman–Crippen MR) is 27.3 cm³/mol. The third-order valence-corrected chi connectivity index (χ3v) is 4.64. The summed E-state index contributed by atoms with van der Waals surface area (Å²) in [4.78, 5) is 0. The maximum absolute atomic E-state index is 2.74. The average molecular weight is 108 g/mol. The van der Waals surface area contributed by atoms with Gasteiger partial charge in [-0.05, 0) is 0 Å². The van der Waals surface area contributed by atoms with Crippen molar-refractivity contribution in [3.63, 3.8) is 0 Å². The third kappa shape index (κ3) is 0.769. The summed E-state index contributed by atoms with van der Waals surface area (Å²) in [6.45, 7) is 0. The minimum absolute atomic E-state index is 0.944. The Balaban J connectivity index is 2.32. The van der Waals surface area contributed by atoms with Gasteiger partial charge < -0.3 is 0 Å². The molecule has 1 aliphatic heterocycles. The van der Waals surface area contributed by atoms with Crippen LogP contribution < -0.4 is 0 Å². The molecule has 0 aliphatic carbocycles. The number of rotatable bonds is 0. The van der Waals surface area contributed by atoms with Gasteiger partial charge in [0.2, 0.25) is 0 Å². The van der Waals surface area contributed by atoms with Crippen molar-refractivity contribution in [1.82, 2.24) is 0 Å². The van der Waals surface area contributed by atoms with Crippen LogP contribution in [-0.2, 0) is 0 Å². The summed E-state index contributed by atoms with van der Waals surface area (Å²) < 4.78 is 0. The van der Waals surface area contributed by atoms with Gasteiger partial charge in [-0.2, -0.15) is 0 Å². The SMILES string of the molecule is PC1P=P1. The summed E-state index contributed by atoms with van der Waals surface area (Å²) in [6.07, 6.45) is 0. The molecule has 0 fully saturated rings. The van der Waals surface area contributed by atoms with Crippen LogP contribution in [0.1, 0.15) is 0 Å². The van der Waals surface area contributed by atoms with Gasteiger partial charge >= 0.3 is 0 Å². The molecule has 1 unspecified atom stereocenters. The monoisotopic (exact) mass is 108 g/mol. The van der Waals surface area contributed by atoms with Crippen molar-refractivity contribution < 1.29 is 0 Å². The van der Waals surface area contributed by atoms with Crippen LogP contribution in [0.4, 0.5) is 0 Å². The first kappa shape index (κ1) is 3.23. The molecule has 1 aliphatic rings. The quantitative estimate of drug-likeness (QED) is 0.416. The zero-order chi connectivity index (χ0) is 2.99. The van der Waals surface area contributed by atoms with Gasteiger partial charge in [0.1, 0.15) is 0 Å². The summed E-state index contributed by atoms with van der Waals surface area (Å²) in [5.41, 5.74) is 0. The van der Waals surface area contributed by atoms with Gasteiger partial charge in [0, 0.05) is 0 Å². The van der Waals surface area contributed by atoms with Crippen LogP contribution in [0.25, 0.3) is 0 Å². The molecule has 0 saturated carbocycles. The second-order valence-corrected chi connectivity index (χ2v) is 5.80. The fourth-order valence-electron chi connectivity index (χ4n) is 0.0385. The van der Waals surface area contributed by atoms with Crippen molar-refractivity contribution in [2.24, 2.45) is 0 Å². The number of hydrogen-bond acceptors (Lipinski definition) is 0. The van der Waals surface area contributed by atoms with Gasteiger partial charge in [0.05, 0.1) is 5.14 Å². The molecule has 0 nitrogen and oxygen atoms in total. The Bertz CT molecular complexity index is 41.2. The Morgan fingerprint density at radius 3 is 1.75 bits per heavy atom. The van der Waals surface area contributed by atoms with Crippen molar-refractivity contribution in [3.8, 4) is 0 Å². The molecule has 3 heteroatoms. The average Bonchev–Trinajstić information content (AvgIpc) is 1.75. The maximum atomic E-state index is 2.74. The van der Waals surface area contributed by atoms with Crippen molar-refractivity contribution in [3.05, 3.63) is 0 Å². The summed E-state index contributed by atoms with van der Waals surface area (Å²) >= 11 is 0. The van der Waals surface area contributed by atoms with E-state index in [0.717, 1.165) is 5.14 Å². The van der Waals surface area contributed by atoms with Gasteiger partial charge in [0.15, 0.2) is 0 Å². The van der Waals surface area contributed by atoms with Crippen LogP contribution in [0.2, 0.25) is 0 Å². The van der Waals surface area contributed by atoms with Crippen molar-refractivity contribution in [2.45, 2.75) is 5.14 Å². The van der Waals surface area contributed by atoms with Crippen molar-refractivity contribution in [1.29, 1.82) is 0 Å². The molecule has 0 radical (unpaired) electrons. The highest BCUT2D eigenvalue weighted by molar-refractivity contribution is 8.07. The highest BCUT2D eigenvalue weighted by atomic mass is 31.8. The topological polar surface area (TPSA) is 0 Å². The highest BCUT2D eigenvalue weighted by Crippen LogP contribution is 2.51. The lowest BCUT2D eigenvalue weighted by Crippen LogP contribution is -1.34. The molecule has 4 heavy (non-hydrogen) atoms. The van der Waals surface area contributed by atoms with Gasteiger partial charge in [-0.3, -0.25) is 0 Å². The zero-order valence-electron chi connectivity index (χ0n) is 2.05. The molecule has 0 aromatic rings. The van der Waals surface area contributed by atoms with Crippen LogP contribution in [0.5, 0.6) is 0 Å². The Labute approximate surface area is 31.0 Å². The Kier molecular flexibility index (Phi) is 0.821. The number of hydrogen-bond donors (Lipinski definition) is 0. The smallest absolute Gasteiger partial charge is 0.0646 e. The molecular weight excluding hydrogens is 105 g/mol. The summed E-state index contributed by atoms with van der Waals surface area (Å²) in [5, 5.41) is 0.944. The van der Waals surface area contributed by atoms with Crippen LogP contribution in [0, 0.1) is 0 Å². The van der Waals surface area contributed by atoms with Gasteiger partial charge in [0.25, 0.3) is 0 Å². The molecule has 1 heterocycles. The Hall–Kier alpha value is 1.03. The lowest BCUT2D eigenvalue weighted by Gasteiger charge is -1.55. The van der Waals surface area contributed by atoms with Gasteiger partial charge in [-0.25, -0.2) is 0 Å². The van der Waals surface area contributed by atoms with E-state index in [2.05, 4.69) is 9.24 Å². The van der Waals surface area contributed by atoms with E-state index < -0.39 is 0 Å².